The number of hydrogen-bond donors (Lipinski definition) is 1. The van der Waals surface area contributed by atoms with Gasteiger partial charge in [0.2, 0.25) is 0 Å². The van der Waals surface area contributed by atoms with Crippen LogP contribution in [0.25, 0.3) is 0 Å². The van der Waals surface area contributed by atoms with Crippen molar-refractivity contribution in [3.05, 3.63) is 78.5 Å². The van der Waals surface area contributed by atoms with Crippen LogP contribution in [-0.2, 0) is 0 Å². The molecule has 7 nitrogen and oxygen atoms in total. The fourth-order valence-corrected chi connectivity index (χ4v) is 3.20. The predicted molar refractivity (Wildman–Crippen MR) is 105 cm³/mol. The molecule has 0 saturated carbocycles. The Balaban J connectivity index is 1.34. The highest BCUT2D eigenvalue weighted by Crippen LogP contribution is 2.17. The molecule has 2 amide bonds. The Bertz CT molecular complexity index is 932. The first kappa shape index (κ1) is 17.8. The average molecular weight is 376 g/mol. The minimum atomic E-state index is -0.323. The number of furan rings is 1. The first-order valence-electron chi connectivity index (χ1n) is 9.10. The standard InChI is InChI=1S/C21H20N4O3/c26-20(19-2-1-15-28-19)23-17-5-3-16(4-6-17)21(27)25-13-11-24(12-14-25)18-7-9-22-10-8-18/h1-10,15H,11-14H2,(H,23,26). The van der Waals surface area contributed by atoms with E-state index in [2.05, 4.69) is 15.2 Å². The van der Waals surface area contributed by atoms with E-state index < -0.39 is 0 Å². The molecule has 1 aliphatic heterocycles. The molecule has 1 aromatic carbocycles. The third-order valence-corrected chi connectivity index (χ3v) is 4.73. The number of carbonyl (C=O) groups is 2. The normalized spacial score (nSPS) is 14.0. The van der Waals surface area contributed by atoms with Crippen LogP contribution >= 0.6 is 0 Å². The van der Waals surface area contributed by atoms with Gasteiger partial charge in [0, 0.05) is 55.5 Å². The number of carbonyl (C=O) groups excluding carboxylic acids is 2. The zero-order valence-electron chi connectivity index (χ0n) is 15.2. The van der Waals surface area contributed by atoms with Gasteiger partial charge in [0.05, 0.1) is 6.26 Å². The predicted octanol–water partition coefficient (Wildman–Crippen LogP) is 2.89. The number of nitrogens with one attached hydrogen (secondary N) is 1. The van der Waals surface area contributed by atoms with Gasteiger partial charge >= 0.3 is 0 Å². The van der Waals surface area contributed by atoms with E-state index in [0.717, 1.165) is 18.8 Å². The fourth-order valence-electron chi connectivity index (χ4n) is 3.20. The third-order valence-electron chi connectivity index (χ3n) is 4.73. The molecule has 4 rings (SSSR count). The lowest BCUT2D eigenvalue weighted by atomic mass is 10.1. The number of hydrogen-bond acceptors (Lipinski definition) is 5. The van der Waals surface area contributed by atoms with E-state index in [9.17, 15) is 9.59 Å². The van der Waals surface area contributed by atoms with Crippen LogP contribution < -0.4 is 10.2 Å². The van der Waals surface area contributed by atoms with E-state index in [1.165, 1.54) is 6.26 Å². The Kier molecular flexibility index (Phi) is 5.05. The van der Waals surface area contributed by atoms with Gasteiger partial charge < -0.3 is 19.5 Å². The first-order chi connectivity index (χ1) is 13.7. The van der Waals surface area contributed by atoms with Crippen molar-refractivity contribution in [3.63, 3.8) is 0 Å². The van der Waals surface area contributed by atoms with E-state index in [1.54, 1.807) is 48.8 Å². The molecule has 0 aliphatic carbocycles. The number of benzene rings is 1. The van der Waals surface area contributed by atoms with Crippen molar-refractivity contribution < 1.29 is 14.0 Å². The van der Waals surface area contributed by atoms with Gasteiger partial charge in [0.25, 0.3) is 11.8 Å². The van der Waals surface area contributed by atoms with Crippen LogP contribution in [0.1, 0.15) is 20.9 Å². The number of piperazine rings is 1. The third kappa shape index (κ3) is 3.88. The van der Waals surface area contributed by atoms with Crippen molar-refractivity contribution >= 4 is 23.2 Å². The zero-order valence-corrected chi connectivity index (χ0v) is 15.2. The van der Waals surface area contributed by atoms with Crippen molar-refractivity contribution in [1.82, 2.24) is 9.88 Å². The molecule has 3 aromatic rings. The summed E-state index contributed by atoms with van der Waals surface area (Å²) in [5.41, 5.74) is 2.34. The second-order valence-corrected chi connectivity index (χ2v) is 6.49. The van der Waals surface area contributed by atoms with Crippen LogP contribution in [0, 0.1) is 0 Å². The summed E-state index contributed by atoms with van der Waals surface area (Å²) in [7, 11) is 0. The van der Waals surface area contributed by atoms with Gasteiger partial charge in [-0.25, -0.2) is 0 Å². The van der Waals surface area contributed by atoms with Crippen molar-refractivity contribution in [2.45, 2.75) is 0 Å². The number of aromatic nitrogens is 1. The van der Waals surface area contributed by atoms with Gasteiger partial charge in [-0.05, 0) is 48.5 Å². The number of pyridine rings is 1. The number of nitrogens with zero attached hydrogens (tertiary/aromatic N) is 3. The Morgan fingerprint density at radius 1 is 0.929 bits per heavy atom. The molecule has 0 bridgehead atoms. The van der Waals surface area contributed by atoms with Crippen molar-refractivity contribution in [2.75, 3.05) is 36.4 Å². The van der Waals surface area contributed by atoms with Crippen LogP contribution in [0.4, 0.5) is 11.4 Å². The highest BCUT2D eigenvalue weighted by Gasteiger charge is 2.22. The summed E-state index contributed by atoms with van der Waals surface area (Å²) in [5, 5.41) is 2.74. The van der Waals surface area contributed by atoms with Crippen molar-refractivity contribution in [1.29, 1.82) is 0 Å². The molecule has 7 heteroatoms. The summed E-state index contributed by atoms with van der Waals surface area (Å²) < 4.78 is 5.07. The second kappa shape index (κ2) is 7.96. The Morgan fingerprint density at radius 2 is 1.64 bits per heavy atom. The van der Waals surface area contributed by atoms with E-state index in [1.807, 2.05) is 17.0 Å². The van der Waals surface area contributed by atoms with Crippen LogP contribution in [0.2, 0.25) is 0 Å². The smallest absolute Gasteiger partial charge is 0.291 e. The van der Waals surface area contributed by atoms with Crippen LogP contribution in [-0.4, -0.2) is 47.9 Å². The number of amides is 2. The minimum absolute atomic E-state index is 0.00158. The lowest BCUT2D eigenvalue weighted by Gasteiger charge is -2.36. The quantitative estimate of drug-likeness (QED) is 0.757. The van der Waals surface area contributed by atoms with E-state index in [-0.39, 0.29) is 17.6 Å². The molecule has 0 unspecified atom stereocenters. The van der Waals surface area contributed by atoms with Gasteiger partial charge in [0.15, 0.2) is 5.76 Å². The second-order valence-electron chi connectivity index (χ2n) is 6.49. The van der Waals surface area contributed by atoms with Gasteiger partial charge in [-0.1, -0.05) is 0 Å². The van der Waals surface area contributed by atoms with Gasteiger partial charge in [0.1, 0.15) is 0 Å². The average Bonchev–Trinajstić information content (AvgIpc) is 3.30. The molecule has 2 aromatic heterocycles. The highest BCUT2D eigenvalue weighted by molar-refractivity contribution is 6.02. The lowest BCUT2D eigenvalue weighted by molar-refractivity contribution is 0.0746. The molecule has 0 radical (unpaired) electrons. The van der Waals surface area contributed by atoms with Gasteiger partial charge in [-0.2, -0.15) is 0 Å². The van der Waals surface area contributed by atoms with Crippen molar-refractivity contribution in [2.24, 2.45) is 0 Å². The molecule has 1 aliphatic rings. The molecule has 0 atom stereocenters. The topological polar surface area (TPSA) is 78.7 Å². The maximum Gasteiger partial charge on any atom is 0.291 e. The molecular formula is C21H20N4O3. The molecule has 1 N–H and O–H groups in total. The molecule has 1 fully saturated rings. The first-order valence-corrected chi connectivity index (χ1v) is 9.10. The maximum atomic E-state index is 12.8. The summed E-state index contributed by atoms with van der Waals surface area (Å²) in [4.78, 5) is 32.9. The van der Waals surface area contributed by atoms with Crippen LogP contribution in [0.5, 0.6) is 0 Å². The number of rotatable bonds is 4. The van der Waals surface area contributed by atoms with Crippen LogP contribution in [0.15, 0.2) is 71.6 Å². The SMILES string of the molecule is O=C(Nc1ccc(C(=O)N2CCN(c3ccncc3)CC2)cc1)c1ccco1. The van der Waals surface area contributed by atoms with Gasteiger partial charge in [-0.3, -0.25) is 14.6 Å². The Hall–Kier alpha value is -3.61. The maximum absolute atomic E-state index is 12.8. The monoisotopic (exact) mass is 376 g/mol. The Morgan fingerprint density at radius 3 is 2.29 bits per heavy atom. The summed E-state index contributed by atoms with van der Waals surface area (Å²) >= 11 is 0. The van der Waals surface area contributed by atoms with E-state index >= 15 is 0 Å². The molecular weight excluding hydrogens is 356 g/mol. The van der Waals surface area contributed by atoms with Gasteiger partial charge in [-0.15, -0.1) is 0 Å². The lowest BCUT2D eigenvalue weighted by Crippen LogP contribution is -2.48. The Labute approximate surface area is 162 Å². The van der Waals surface area contributed by atoms with E-state index in [4.69, 9.17) is 4.42 Å². The van der Waals surface area contributed by atoms with Crippen molar-refractivity contribution in [3.8, 4) is 0 Å². The summed E-state index contributed by atoms with van der Waals surface area (Å²) in [6.45, 7) is 2.90. The summed E-state index contributed by atoms with van der Waals surface area (Å²) in [5.74, 6) is -0.0816. The molecule has 28 heavy (non-hydrogen) atoms. The fraction of sp³-hybridized carbons (Fsp3) is 0.190. The molecule has 3 heterocycles. The molecule has 142 valence electrons. The molecule has 1 saturated heterocycles. The molecule has 0 spiro atoms. The minimum Gasteiger partial charge on any atom is -0.459 e. The number of anilines is 2. The zero-order chi connectivity index (χ0) is 19.3. The summed E-state index contributed by atoms with van der Waals surface area (Å²) in [6, 6.07) is 14.1. The highest BCUT2D eigenvalue weighted by atomic mass is 16.3. The van der Waals surface area contributed by atoms with E-state index in [0.29, 0.717) is 24.3 Å². The largest absolute Gasteiger partial charge is 0.459 e. The summed E-state index contributed by atoms with van der Waals surface area (Å²) in [6.07, 6.45) is 5.00. The van der Waals surface area contributed by atoms with Crippen LogP contribution in [0.3, 0.4) is 0 Å².